The highest BCUT2D eigenvalue weighted by Gasteiger charge is 2.29. The van der Waals surface area contributed by atoms with Crippen LogP contribution < -0.4 is 4.72 Å². The summed E-state index contributed by atoms with van der Waals surface area (Å²) in [4.78, 5) is 11.3. The SMILES string of the molecule is COC(=O)c1cc(S(=O)(=O)N[C@@H]2CCCc3ccccc32)on1. The highest BCUT2D eigenvalue weighted by molar-refractivity contribution is 7.89. The number of rotatable bonds is 4. The lowest BCUT2D eigenvalue weighted by molar-refractivity contribution is 0.0588. The van der Waals surface area contributed by atoms with Gasteiger partial charge < -0.3 is 9.26 Å². The summed E-state index contributed by atoms with van der Waals surface area (Å²) in [5.74, 6) is -0.752. The van der Waals surface area contributed by atoms with Gasteiger partial charge in [0.1, 0.15) is 0 Å². The highest BCUT2D eigenvalue weighted by atomic mass is 32.2. The fourth-order valence-corrected chi connectivity index (χ4v) is 3.85. The largest absolute Gasteiger partial charge is 0.464 e. The zero-order valence-electron chi connectivity index (χ0n) is 12.5. The molecule has 7 nitrogen and oxygen atoms in total. The van der Waals surface area contributed by atoms with Gasteiger partial charge in [0.2, 0.25) is 0 Å². The number of hydrogen-bond acceptors (Lipinski definition) is 6. The van der Waals surface area contributed by atoms with Crippen LogP contribution in [0.15, 0.2) is 39.9 Å². The van der Waals surface area contributed by atoms with E-state index in [-0.39, 0.29) is 11.7 Å². The molecule has 0 amide bonds. The summed E-state index contributed by atoms with van der Waals surface area (Å²) in [6.07, 6.45) is 2.53. The van der Waals surface area contributed by atoms with Crippen molar-refractivity contribution < 1.29 is 22.5 Å². The first kappa shape index (κ1) is 15.7. The molecule has 1 aliphatic carbocycles. The van der Waals surface area contributed by atoms with Gasteiger partial charge in [0.25, 0.3) is 15.1 Å². The van der Waals surface area contributed by atoms with Gasteiger partial charge in [-0.3, -0.25) is 0 Å². The van der Waals surface area contributed by atoms with Gasteiger partial charge in [-0.25, -0.2) is 17.9 Å². The monoisotopic (exact) mass is 336 g/mol. The number of benzene rings is 1. The second-order valence-electron chi connectivity index (χ2n) is 5.29. The summed E-state index contributed by atoms with van der Waals surface area (Å²) in [7, 11) is -2.73. The predicted octanol–water partition coefficient (Wildman–Crippen LogP) is 1.82. The van der Waals surface area contributed by atoms with E-state index in [1.165, 1.54) is 7.11 Å². The van der Waals surface area contributed by atoms with Crippen LogP contribution in [0.3, 0.4) is 0 Å². The van der Waals surface area contributed by atoms with E-state index in [9.17, 15) is 13.2 Å². The molecule has 2 aromatic rings. The second-order valence-corrected chi connectivity index (χ2v) is 6.93. The van der Waals surface area contributed by atoms with Crippen LogP contribution in [0.4, 0.5) is 0 Å². The Labute approximate surface area is 133 Å². The van der Waals surface area contributed by atoms with Gasteiger partial charge in [0, 0.05) is 12.1 Å². The smallest absolute Gasteiger partial charge is 0.360 e. The Bertz CT molecular complexity index is 828. The van der Waals surface area contributed by atoms with Crippen molar-refractivity contribution in [2.45, 2.75) is 30.4 Å². The van der Waals surface area contributed by atoms with Crippen LogP contribution >= 0.6 is 0 Å². The van der Waals surface area contributed by atoms with Crippen molar-refractivity contribution in [1.29, 1.82) is 0 Å². The molecule has 1 aromatic heterocycles. The Morgan fingerprint density at radius 2 is 2.17 bits per heavy atom. The van der Waals surface area contributed by atoms with E-state index < -0.39 is 21.1 Å². The predicted molar refractivity (Wildman–Crippen MR) is 80.3 cm³/mol. The molecule has 3 rings (SSSR count). The summed E-state index contributed by atoms with van der Waals surface area (Å²) in [5.41, 5.74) is 1.92. The molecule has 1 atom stereocenters. The fraction of sp³-hybridized carbons (Fsp3) is 0.333. The number of methoxy groups -OCH3 is 1. The first-order valence-corrected chi connectivity index (χ1v) is 8.65. The lowest BCUT2D eigenvalue weighted by atomic mass is 9.88. The summed E-state index contributed by atoms with van der Waals surface area (Å²) in [6, 6.07) is 8.48. The number of fused-ring (bicyclic) bond motifs is 1. The van der Waals surface area contributed by atoms with Gasteiger partial charge >= 0.3 is 5.97 Å². The Balaban J connectivity index is 1.85. The standard InChI is InChI=1S/C15H16N2O5S/c1-21-15(18)13-9-14(22-16-13)23(19,20)17-12-8-4-6-10-5-2-3-7-11(10)12/h2-3,5,7,9,12,17H,4,6,8H2,1H3/t12-/m1/s1. The molecule has 122 valence electrons. The van der Waals surface area contributed by atoms with Crippen molar-refractivity contribution in [2.24, 2.45) is 0 Å². The Hall–Kier alpha value is -2.19. The molecule has 1 aliphatic rings. The van der Waals surface area contributed by atoms with Gasteiger partial charge in [0.15, 0.2) is 5.69 Å². The molecule has 0 aliphatic heterocycles. The van der Waals surface area contributed by atoms with E-state index in [2.05, 4.69) is 14.6 Å². The van der Waals surface area contributed by atoms with E-state index >= 15 is 0 Å². The quantitative estimate of drug-likeness (QED) is 0.855. The van der Waals surface area contributed by atoms with Crippen LogP contribution in [0.5, 0.6) is 0 Å². The van der Waals surface area contributed by atoms with Crippen molar-refractivity contribution in [3.8, 4) is 0 Å². The number of nitrogens with one attached hydrogen (secondary N) is 1. The number of aryl methyl sites for hydroxylation is 1. The maximum absolute atomic E-state index is 12.4. The lowest BCUT2D eigenvalue weighted by Crippen LogP contribution is -2.30. The van der Waals surface area contributed by atoms with E-state index in [1.54, 1.807) is 0 Å². The number of nitrogens with zero attached hydrogens (tertiary/aromatic N) is 1. The van der Waals surface area contributed by atoms with Crippen molar-refractivity contribution >= 4 is 16.0 Å². The number of aromatic nitrogens is 1. The van der Waals surface area contributed by atoms with Crippen LogP contribution in [0, 0.1) is 0 Å². The minimum Gasteiger partial charge on any atom is -0.464 e. The number of sulfonamides is 1. The van der Waals surface area contributed by atoms with Crippen LogP contribution in [-0.4, -0.2) is 26.7 Å². The van der Waals surface area contributed by atoms with Crippen LogP contribution in [0.2, 0.25) is 0 Å². The zero-order chi connectivity index (χ0) is 16.4. The van der Waals surface area contributed by atoms with Gasteiger partial charge in [0.05, 0.1) is 7.11 Å². The first-order chi connectivity index (χ1) is 11.0. The molecule has 0 fully saturated rings. The minimum absolute atomic E-state index is 0.183. The summed E-state index contributed by atoms with van der Waals surface area (Å²) in [6.45, 7) is 0. The molecule has 0 spiro atoms. The molecular formula is C15H16N2O5S. The number of esters is 1. The molecule has 0 saturated carbocycles. The average Bonchev–Trinajstić information content (AvgIpc) is 3.05. The molecule has 0 radical (unpaired) electrons. The molecule has 1 N–H and O–H groups in total. The fourth-order valence-electron chi connectivity index (χ4n) is 2.71. The van der Waals surface area contributed by atoms with Gasteiger partial charge in [-0.1, -0.05) is 29.4 Å². The molecule has 23 heavy (non-hydrogen) atoms. The van der Waals surface area contributed by atoms with Crippen LogP contribution in [0.25, 0.3) is 0 Å². The number of ether oxygens (including phenoxy) is 1. The Morgan fingerprint density at radius 1 is 1.39 bits per heavy atom. The van der Waals surface area contributed by atoms with Crippen LogP contribution in [0.1, 0.15) is 40.5 Å². The molecule has 1 heterocycles. The molecule has 0 unspecified atom stereocenters. The van der Waals surface area contributed by atoms with E-state index in [4.69, 9.17) is 4.52 Å². The number of hydrogen-bond donors (Lipinski definition) is 1. The molecule has 1 aromatic carbocycles. The summed E-state index contributed by atoms with van der Waals surface area (Å²) >= 11 is 0. The number of carbonyl (C=O) groups excluding carboxylic acids is 1. The second kappa shape index (κ2) is 6.13. The van der Waals surface area contributed by atoms with Crippen LogP contribution in [-0.2, 0) is 21.2 Å². The van der Waals surface area contributed by atoms with Crippen molar-refractivity contribution in [1.82, 2.24) is 9.88 Å². The van der Waals surface area contributed by atoms with E-state index in [1.807, 2.05) is 24.3 Å². The third-order valence-corrected chi connectivity index (χ3v) is 5.13. The first-order valence-electron chi connectivity index (χ1n) is 7.16. The third-order valence-electron chi connectivity index (χ3n) is 3.81. The van der Waals surface area contributed by atoms with Gasteiger partial charge in [-0.05, 0) is 30.4 Å². The third kappa shape index (κ3) is 3.13. The van der Waals surface area contributed by atoms with Gasteiger partial charge in [-0.15, -0.1) is 0 Å². The maximum atomic E-state index is 12.4. The topological polar surface area (TPSA) is 98.5 Å². The van der Waals surface area contributed by atoms with Gasteiger partial charge in [-0.2, -0.15) is 0 Å². The summed E-state index contributed by atoms with van der Waals surface area (Å²) < 4.78 is 36.8. The molecule has 8 heteroatoms. The zero-order valence-corrected chi connectivity index (χ0v) is 13.3. The van der Waals surface area contributed by atoms with E-state index in [0.717, 1.165) is 30.0 Å². The molecular weight excluding hydrogens is 320 g/mol. The minimum atomic E-state index is -3.91. The Morgan fingerprint density at radius 3 is 2.96 bits per heavy atom. The molecule has 0 bridgehead atoms. The normalized spacial score (nSPS) is 17.5. The highest BCUT2D eigenvalue weighted by Crippen LogP contribution is 2.30. The lowest BCUT2D eigenvalue weighted by Gasteiger charge is -2.25. The Kier molecular flexibility index (Phi) is 4.18. The average molecular weight is 336 g/mol. The van der Waals surface area contributed by atoms with Crippen molar-refractivity contribution in [3.63, 3.8) is 0 Å². The van der Waals surface area contributed by atoms with E-state index in [0.29, 0.717) is 6.42 Å². The van der Waals surface area contributed by atoms with Crippen molar-refractivity contribution in [3.05, 3.63) is 47.2 Å². The molecule has 0 saturated heterocycles. The number of carbonyl (C=O) groups is 1. The van der Waals surface area contributed by atoms with Crippen molar-refractivity contribution in [2.75, 3.05) is 7.11 Å². The maximum Gasteiger partial charge on any atom is 0.360 e. The summed E-state index contributed by atoms with van der Waals surface area (Å²) in [5, 5.41) is 3.02.